The van der Waals surface area contributed by atoms with E-state index in [4.69, 9.17) is 0 Å². The fourth-order valence-electron chi connectivity index (χ4n) is 1.21. The molecule has 0 radical (unpaired) electrons. The molecule has 1 N–H and O–H groups in total. The molecule has 3 heteroatoms. The molecule has 0 bridgehead atoms. The molecule has 0 unspecified atom stereocenters. The van der Waals surface area contributed by atoms with E-state index < -0.39 is 0 Å². The van der Waals surface area contributed by atoms with Crippen LogP contribution in [0.3, 0.4) is 0 Å². The summed E-state index contributed by atoms with van der Waals surface area (Å²) in [4.78, 5) is 4.22. The van der Waals surface area contributed by atoms with Crippen LogP contribution in [0.1, 0.15) is 5.56 Å². The second-order valence-corrected chi connectivity index (χ2v) is 3.57. The highest BCUT2D eigenvalue weighted by Gasteiger charge is 1.96. The summed E-state index contributed by atoms with van der Waals surface area (Å²) in [6.07, 6.45) is 0. The zero-order valence-corrected chi connectivity index (χ0v) is 7.69. The molecule has 2 nitrogen and oxygen atoms in total. The largest absolute Gasteiger partial charge is 0.316 e. The molecular weight excluding hydrogens is 168 g/mol. The van der Waals surface area contributed by atoms with Crippen molar-refractivity contribution in [3.63, 3.8) is 0 Å². The van der Waals surface area contributed by atoms with Gasteiger partial charge in [0.25, 0.3) is 0 Å². The Morgan fingerprint density at radius 3 is 3.25 bits per heavy atom. The summed E-state index contributed by atoms with van der Waals surface area (Å²) >= 11 is 1.69. The number of rotatable bonds is 2. The van der Waals surface area contributed by atoms with Crippen LogP contribution in [0, 0.1) is 0 Å². The van der Waals surface area contributed by atoms with Gasteiger partial charge >= 0.3 is 0 Å². The summed E-state index contributed by atoms with van der Waals surface area (Å²) in [5.41, 5.74) is 4.29. The second kappa shape index (κ2) is 3.21. The minimum atomic E-state index is 0.924. The zero-order valence-electron chi connectivity index (χ0n) is 6.87. The first-order valence-electron chi connectivity index (χ1n) is 3.87. The summed E-state index contributed by atoms with van der Waals surface area (Å²) in [5, 5.41) is 3.13. The van der Waals surface area contributed by atoms with Gasteiger partial charge in [-0.15, -0.1) is 11.3 Å². The van der Waals surface area contributed by atoms with E-state index in [0.717, 1.165) is 12.1 Å². The highest BCUT2D eigenvalue weighted by atomic mass is 32.1. The molecule has 0 aliphatic rings. The van der Waals surface area contributed by atoms with E-state index in [1.165, 1.54) is 10.3 Å². The number of thiazole rings is 1. The molecule has 0 aliphatic carbocycles. The van der Waals surface area contributed by atoms with E-state index in [2.05, 4.69) is 28.5 Å². The molecule has 0 saturated heterocycles. The molecule has 2 aromatic rings. The van der Waals surface area contributed by atoms with Gasteiger partial charge in [0.05, 0.1) is 15.7 Å². The predicted octanol–water partition coefficient (Wildman–Crippen LogP) is 2.02. The number of aromatic nitrogens is 1. The van der Waals surface area contributed by atoms with Gasteiger partial charge < -0.3 is 5.32 Å². The molecule has 0 spiro atoms. The first kappa shape index (κ1) is 7.71. The maximum atomic E-state index is 4.22. The lowest BCUT2D eigenvalue weighted by Gasteiger charge is -1.98. The molecule has 0 amide bonds. The standard InChI is InChI=1S/C9H10N2S/c1-10-5-7-2-3-8-9(4-7)12-6-11-8/h2-4,6,10H,5H2,1H3. The first-order chi connectivity index (χ1) is 5.90. The molecule has 0 fully saturated rings. The summed E-state index contributed by atoms with van der Waals surface area (Å²) in [5.74, 6) is 0. The Kier molecular flexibility index (Phi) is 2.06. The van der Waals surface area contributed by atoms with Crippen molar-refractivity contribution < 1.29 is 0 Å². The maximum Gasteiger partial charge on any atom is 0.0812 e. The molecule has 1 aromatic heterocycles. The van der Waals surface area contributed by atoms with E-state index in [1.54, 1.807) is 11.3 Å². The minimum Gasteiger partial charge on any atom is -0.316 e. The lowest BCUT2D eigenvalue weighted by atomic mass is 10.2. The second-order valence-electron chi connectivity index (χ2n) is 2.68. The highest BCUT2D eigenvalue weighted by molar-refractivity contribution is 7.16. The van der Waals surface area contributed by atoms with Gasteiger partial charge in [-0.1, -0.05) is 6.07 Å². The molecular formula is C9H10N2S. The van der Waals surface area contributed by atoms with Crippen molar-refractivity contribution in [2.45, 2.75) is 6.54 Å². The van der Waals surface area contributed by atoms with E-state index in [0.29, 0.717) is 0 Å². The maximum absolute atomic E-state index is 4.22. The topological polar surface area (TPSA) is 24.9 Å². The molecule has 12 heavy (non-hydrogen) atoms. The van der Waals surface area contributed by atoms with Crippen LogP contribution in [0.4, 0.5) is 0 Å². The van der Waals surface area contributed by atoms with Gasteiger partial charge in [0.2, 0.25) is 0 Å². The van der Waals surface area contributed by atoms with Crippen molar-refractivity contribution in [3.8, 4) is 0 Å². The van der Waals surface area contributed by atoms with Crippen LogP contribution in [-0.4, -0.2) is 12.0 Å². The van der Waals surface area contributed by atoms with Crippen molar-refractivity contribution in [2.24, 2.45) is 0 Å². The molecule has 1 heterocycles. The average Bonchev–Trinajstić information content (AvgIpc) is 2.51. The lowest BCUT2D eigenvalue weighted by molar-refractivity contribution is 0.819. The van der Waals surface area contributed by atoms with Crippen molar-refractivity contribution in [3.05, 3.63) is 29.3 Å². The van der Waals surface area contributed by atoms with Crippen molar-refractivity contribution >= 4 is 21.6 Å². The fraction of sp³-hybridized carbons (Fsp3) is 0.222. The van der Waals surface area contributed by atoms with E-state index in [-0.39, 0.29) is 0 Å². The number of hydrogen-bond acceptors (Lipinski definition) is 3. The van der Waals surface area contributed by atoms with Crippen molar-refractivity contribution in [2.75, 3.05) is 7.05 Å². The molecule has 1 aromatic carbocycles. The predicted molar refractivity (Wildman–Crippen MR) is 52.4 cm³/mol. The van der Waals surface area contributed by atoms with Gasteiger partial charge in [-0.3, -0.25) is 0 Å². The van der Waals surface area contributed by atoms with Gasteiger partial charge in [-0.25, -0.2) is 4.98 Å². The Bertz CT molecular complexity index is 381. The van der Waals surface area contributed by atoms with Gasteiger partial charge in [0, 0.05) is 6.54 Å². The van der Waals surface area contributed by atoms with Gasteiger partial charge in [0.15, 0.2) is 0 Å². The summed E-state index contributed by atoms with van der Waals surface area (Å²) in [7, 11) is 1.96. The third-order valence-corrected chi connectivity index (χ3v) is 2.57. The third-order valence-electron chi connectivity index (χ3n) is 1.78. The lowest BCUT2D eigenvalue weighted by Crippen LogP contribution is -2.04. The van der Waals surface area contributed by atoms with Crippen molar-refractivity contribution in [1.82, 2.24) is 10.3 Å². The molecule has 2 rings (SSSR count). The Labute approximate surface area is 75.3 Å². The first-order valence-corrected chi connectivity index (χ1v) is 4.75. The van der Waals surface area contributed by atoms with Crippen LogP contribution in [0.25, 0.3) is 10.2 Å². The van der Waals surface area contributed by atoms with E-state index in [9.17, 15) is 0 Å². The highest BCUT2D eigenvalue weighted by Crippen LogP contribution is 2.18. The summed E-state index contributed by atoms with van der Waals surface area (Å²) in [6, 6.07) is 6.36. The van der Waals surface area contributed by atoms with Gasteiger partial charge in [0.1, 0.15) is 0 Å². The molecule has 0 saturated carbocycles. The van der Waals surface area contributed by atoms with Gasteiger partial charge in [-0.2, -0.15) is 0 Å². The van der Waals surface area contributed by atoms with Crippen LogP contribution in [0.5, 0.6) is 0 Å². The molecule has 0 atom stereocenters. The smallest absolute Gasteiger partial charge is 0.0812 e. The number of benzene rings is 1. The van der Waals surface area contributed by atoms with Crippen LogP contribution < -0.4 is 5.32 Å². The normalized spacial score (nSPS) is 10.8. The Hall–Kier alpha value is -0.930. The Morgan fingerprint density at radius 1 is 1.50 bits per heavy atom. The molecule has 0 aliphatic heterocycles. The Morgan fingerprint density at radius 2 is 2.42 bits per heavy atom. The molecule has 62 valence electrons. The van der Waals surface area contributed by atoms with Crippen molar-refractivity contribution in [1.29, 1.82) is 0 Å². The van der Waals surface area contributed by atoms with E-state index >= 15 is 0 Å². The van der Waals surface area contributed by atoms with Gasteiger partial charge in [-0.05, 0) is 24.7 Å². The number of hydrogen-bond donors (Lipinski definition) is 1. The fourth-order valence-corrected chi connectivity index (χ4v) is 1.95. The third kappa shape index (κ3) is 1.33. The SMILES string of the molecule is CNCc1ccc2ncsc2c1. The van der Waals surface area contributed by atoms with Crippen LogP contribution >= 0.6 is 11.3 Å². The van der Waals surface area contributed by atoms with E-state index in [1.807, 2.05) is 12.6 Å². The van der Waals surface area contributed by atoms with Crippen LogP contribution in [0.2, 0.25) is 0 Å². The minimum absolute atomic E-state index is 0.924. The average molecular weight is 178 g/mol. The van der Waals surface area contributed by atoms with Crippen LogP contribution in [0.15, 0.2) is 23.7 Å². The summed E-state index contributed by atoms with van der Waals surface area (Å²) < 4.78 is 1.27. The Balaban J connectivity index is 2.46. The van der Waals surface area contributed by atoms with Crippen LogP contribution in [-0.2, 0) is 6.54 Å². The monoisotopic (exact) mass is 178 g/mol. The number of nitrogens with zero attached hydrogens (tertiary/aromatic N) is 1. The summed E-state index contributed by atoms with van der Waals surface area (Å²) in [6.45, 7) is 0.924. The quantitative estimate of drug-likeness (QED) is 0.761. The number of nitrogens with one attached hydrogen (secondary N) is 1. The zero-order chi connectivity index (χ0) is 8.39. The number of fused-ring (bicyclic) bond motifs is 1.